The van der Waals surface area contributed by atoms with Gasteiger partial charge in [0.2, 0.25) is 0 Å². The molecule has 0 aromatic heterocycles. The van der Waals surface area contributed by atoms with Gasteiger partial charge in [0.25, 0.3) is 0 Å². The molecule has 2 nitrogen and oxygen atoms in total. The summed E-state index contributed by atoms with van der Waals surface area (Å²) < 4.78 is 10.9. The second-order valence-electron chi connectivity index (χ2n) is 4.22. The monoisotopic (exact) mass is 214 g/mol. The van der Waals surface area contributed by atoms with Crippen molar-refractivity contribution in [3.63, 3.8) is 0 Å². The molecule has 0 bridgehead atoms. The van der Waals surface area contributed by atoms with Crippen molar-refractivity contribution >= 4 is 10.8 Å². The summed E-state index contributed by atoms with van der Waals surface area (Å²) in [5.41, 5.74) is 0. The summed E-state index contributed by atoms with van der Waals surface area (Å²) in [4.78, 5) is 0. The second-order valence-corrected chi connectivity index (χ2v) is 4.22. The lowest BCUT2D eigenvalue weighted by Gasteiger charge is -2.25. The van der Waals surface area contributed by atoms with E-state index in [-0.39, 0.29) is 0 Å². The standard InChI is InChI=1S/C14H14O2/c1-2-4-13-7-14(6-5-12(13)3-1)16-10-11-8-15-9-11/h1-7,11H,8-10H2. The summed E-state index contributed by atoms with van der Waals surface area (Å²) in [6.45, 7) is 2.44. The van der Waals surface area contributed by atoms with Crippen LogP contribution in [-0.4, -0.2) is 19.8 Å². The van der Waals surface area contributed by atoms with Crippen molar-refractivity contribution < 1.29 is 9.47 Å². The molecule has 0 atom stereocenters. The summed E-state index contributed by atoms with van der Waals surface area (Å²) in [6.07, 6.45) is 0. The molecule has 1 aliphatic rings. The smallest absolute Gasteiger partial charge is 0.119 e. The topological polar surface area (TPSA) is 18.5 Å². The predicted octanol–water partition coefficient (Wildman–Crippen LogP) is 2.87. The van der Waals surface area contributed by atoms with E-state index >= 15 is 0 Å². The van der Waals surface area contributed by atoms with Crippen molar-refractivity contribution in [2.24, 2.45) is 5.92 Å². The van der Waals surface area contributed by atoms with Gasteiger partial charge in [-0.05, 0) is 22.9 Å². The van der Waals surface area contributed by atoms with Gasteiger partial charge < -0.3 is 9.47 Å². The fourth-order valence-corrected chi connectivity index (χ4v) is 1.85. The summed E-state index contributed by atoms with van der Waals surface area (Å²) in [7, 11) is 0. The number of fused-ring (bicyclic) bond motifs is 1. The van der Waals surface area contributed by atoms with E-state index in [1.807, 2.05) is 12.1 Å². The van der Waals surface area contributed by atoms with Crippen LogP contribution in [0, 0.1) is 5.92 Å². The molecule has 0 spiro atoms. The zero-order chi connectivity index (χ0) is 10.8. The van der Waals surface area contributed by atoms with E-state index in [2.05, 4.69) is 30.3 Å². The lowest BCUT2D eigenvalue weighted by Crippen LogP contribution is -2.32. The minimum atomic E-state index is 0.575. The molecule has 0 radical (unpaired) electrons. The van der Waals surface area contributed by atoms with Gasteiger partial charge in [0.05, 0.1) is 19.8 Å². The highest BCUT2D eigenvalue weighted by atomic mass is 16.5. The summed E-state index contributed by atoms with van der Waals surface area (Å²) in [5.74, 6) is 1.53. The molecule has 82 valence electrons. The molecule has 1 fully saturated rings. The molecule has 2 aromatic rings. The van der Waals surface area contributed by atoms with Gasteiger partial charge in [-0.1, -0.05) is 30.3 Å². The first-order chi connectivity index (χ1) is 7.92. The third-order valence-electron chi connectivity index (χ3n) is 2.91. The van der Waals surface area contributed by atoms with Crippen molar-refractivity contribution in [1.29, 1.82) is 0 Å². The van der Waals surface area contributed by atoms with E-state index in [1.165, 1.54) is 10.8 Å². The minimum Gasteiger partial charge on any atom is -0.493 e. The largest absolute Gasteiger partial charge is 0.493 e. The van der Waals surface area contributed by atoms with E-state index in [0.29, 0.717) is 5.92 Å². The van der Waals surface area contributed by atoms with Crippen LogP contribution in [-0.2, 0) is 4.74 Å². The van der Waals surface area contributed by atoms with Crippen LogP contribution in [0.2, 0.25) is 0 Å². The number of hydrogen-bond acceptors (Lipinski definition) is 2. The fraction of sp³-hybridized carbons (Fsp3) is 0.286. The number of ether oxygens (including phenoxy) is 2. The molecular weight excluding hydrogens is 200 g/mol. The SMILES string of the molecule is c1ccc2cc(OCC3COC3)ccc2c1. The molecular formula is C14H14O2. The zero-order valence-electron chi connectivity index (χ0n) is 9.06. The van der Waals surface area contributed by atoms with Gasteiger partial charge in [0.1, 0.15) is 5.75 Å². The van der Waals surface area contributed by atoms with Gasteiger partial charge in [-0.25, -0.2) is 0 Å². The Morgan fingerprint density at radius 2 is 1.88 bits per heavy atom. The van der Waals surface area contributed by atoms with Crippen LogP contribution in [0.4, 0.5) is 0 Å². The van der Waals surface area contributed by atoms with Crippen LogP contribution >= 0.6 is 0 Å². The van der Waals surface area contributed by atoms with E-state index in [0.717, 1.165) is 25.6 Å². The third-order valence-corrected chi connectivity index (χ3v) is 2.91. The first kappa shape index (κ1) is 9.67. The highest BCUT2D eigenvalue weighted by Gasteiger charge is 2.18. The lowest BCUT2D eigenvalue weighted by atomic mass is 10.1. The average Bonchev–Trinajstić information content (AvgIpc) is 2.27. The van der Waals surface area contributed by atoms with Crippen LogP contribution < -0.4 is 4.74 Å². The van der Waals surface area contributed by atoms with Crippen LogP contribution in [0.1, 0.15) is 0 Å². The Morgan fingerprint density at radius 3 is 2.62 bits per heavy atom. The molecule has 2 aromatic carbocycles. The Morgan fingerprint density at radius 1 is 1.06 bits per heavy atom. The van der Waals surface area contributed by atoms with Crippen LogP contribution in [0.5, 0.6) is 5.75 Å². The van der Waals surface area contributed by atoms with Crippen molar-refractivity contribution in [3.8, 4) is 5.75 Å². The number of benzene rings is 2. The van der Waals surface area contributed by atoms with Gasteiger partial charge in [-0.2, -0.15) is 0 Å². The molecule has 3 rings (SSSR count). The van der Waals surface area contributed by atoms with Crippen molar-refractivity contribution in [2.75, 3.05) is 19.8 Å². The van der Waals surface area contributed by atoms with E-state index < -0.39 is 0 Å². The Hall–Kier alpha value is -1.54. The first-order valence-electron chi connectivity index (χ1n) is 5.61. The maximum Gasteiger partial charge on any atom is 0.119 e. The van der Waals surface area contributed by atoms with E-state index in [9.17, 15) is 0 Å². The van der Waals surface area contributed by atoms with Crippen molar-refractivity contribution in [1.82, 2.24) is 0 Å². The first-order valence-corrected chi connectivity index (χ1v) is 5.61. The molecule has 0 N–H and O–H groups in total. The second kappa shape index (κ2) is 4.14. The average molecular weight is 214 g/mol. The van der Waals surface area contributed by atoms with Gasteiger partial charge in [-0.3, -0.25) is 0 Å². The Balaban J connectivity index is 1.76. The third kappa shape index (κ3) is 1.89. The molecule has 1 saturated heterocycles. The Labute approximate surface area is 94.8 Å². The summed E-state index contributed by atoms with van der Waals surface area (Å²) in [6, 6.07) is 14.5. The number of rotatable bonds is 3. The van der Waals surface area contributed by atoms with E-state index in [1.54, 1.807) is 0 Å². The highest BCUT2D eigenvalue weighted by Crippen LogP contribution is 2.21. The lowest BCUT2D eigenvalue weighted by molar-refractivity contribution is -0.0508. The van der Waals surface area contributed by atoms with Gasteiger partial charge in [-0.15, -0.1) is 0 Å². The highest BCUT2D eigenvalue weighted by molar-refractivity contribution is 5.83. The van der Waals surface area contributed by atoms with Crippen LogP contribution in [0.25, 0.3) is 10.8 Å². The number of hydrogen-bond donors (Lipinski definition) is 0. The molecule has 16 heavy (non-hydrogen) atoms. The quantitative estimate of drug-likeness (QED) is 0.782. The summed E-state index contributed by atoms with van der Waals surface area (Å²) in [5, 5.41) is 2.48. The van der Waals surface area contributed by atoms with E-state index in [4.69, 9.17) is 9.47 Å². The van der Waals surface area contributed by atoms with Crippen LogP contribution in [0.3, 0.4) is 0 Å². The predicted molar refractivity (Wildman–Crippen MR) is 63.8 cm³/mol. The van der Waals surface area contributed by atoms with Crippen LogP contribution in [0.15, 0.2) is 42.5 Å². The molecule has 0 unspecified atom stereocenters. The normalized spacial score (nSPS) is 16.0. The molecule has 2 heteroatoms. The fourth-order valence-electron chi connectivity index (χ4n) is 1.85. The Bertz CT molecular complexity index is 489. The molecule has 0 amide bonds. The Kier molecular flexibility index (Phi) is 2.50. The zero-order valence-corrected chi connectivity index (χ0v) is 9.06. The van der Waals surface area contributed by atoms with Crippen molar-refractivity contribution in [3.05, 3.63) is 42.5 Å². The van der Waals surface area contributed by atoms with Gasteiger partial charge >= 0.3 is 0 Å². The van der Waals surface area contributed by atoms with Gasteiger partial charge in [0, 0.05) is 5.92 Å². The molecule has 1 aliphatic heterocycles. The molecule has 0 saturated carbocycles. The van der Waals surface area contributed by atoms with Gasteiger partial charge in [0.15, 0.2) is 0 Å². The molecule has 0 aliphatic carbocycles. The summed E-state index contributed by atoms with van der Waals surface area (Å²) >= 11 is 0. The maximum absolute atomic E-state index is 5.74. The molecule has 1 heterocycles. The van der Waals surface area contributed by atoms with Crippen molar-refractivity contribution in [2.45, 2.75) is 0 Å². The minimum absolute atomic E-state index is 0.575. The maximum atomic E-state index is 5.74.